The van der Waals surface area contributed by atoms with Crippen LogP contribution in [0, 0.1) is 11.6 Å². The average molecular weight is 242 g/mol. The number of unbranched alkanes of at least 4 members (excludes halogenated alkanes) is 3. The van der Waals surface area contributed by atoms with E-state index in [0.29, 0.717) is 6.42 Å². The Morgan fingerprint density at radius 1 is 1.18 bits per heavy atom. The van der Waals surface area contributed by atoms with E-state index in [1.165, 1.54) is 12.1 Å². The third-order valence-electron chi connectivity index (χ3n) is 3.03. The minimum absolute atomic E-state index is 0.176. The first-order chi connectivity index (χ1) is 7.97. The summed E-state index contributed by atoms with van der Waals surface area (Å²) < 4.78 is 26.3. The van der Waals surface area contributed by atoms with Crippen molar-refractivity contribution in [3.63, 3.8) is 0 Å². The number of benzene rings is 1. The second-order valence-corrected chi connectivity index (χ2v) is 4.71. The molecule has 96 valence electrons. The van der Waals surface area contributed by atoms with E-state index in [1.807, 2.05) is 0 Å². The highest BCUT2D eigenvalue weighted by Crippen LogP contribution is 2.29. The molecular formula is C14H20F2O. The zero-order valence-electron chi connectivity index (χ0n) is 10.5. The number of aliphatic hydroxyl groups is 1. The Bertz CT molecular complexity index is 361. The zero-order chi connectivity index (χ0) is 12.9. The fraction of sp³-hybridized carbons (Fsp3) is 0.571. The molecule has 0 aromatic heterocycles. The molecule has 1 aromatic carbocycles. The van der Waals surface area contributed by atoms with Crippen molar-refractivity contribution in [3.05, 3.63) is 35.4 Å². The molecule has 0 saturated carbocycles. The van der Waals surface area contributed by atoms with Crippen LogP contribution in [0.1, 0.15) is 51.5 Å². The van der Waals surface area contributed by atoms with Gasteiger partial charge in [0.2, 0.25) is 0 Å². The minimum Gasteiger partial charge on any atom is -0.385 e. The lowest BCUT2D eigenvalue weighted by Crippen LogP contribution is -2.22. The monoisotopic (exact) mass is 242 g/mol. The standard InChI is InChI=1S/C14H20F2O/c1-3-4-5-6-9-14(2,17)12-8-7-11(15)10-13(12)16/h7-8,10,17H,3-6,9H2,1-2H3/t14-/m1/s1. The lowest BCUT2D eigenvalue weighted by atomic mass is 9.89. The Kier molecular flexibility index (Phi) is 5.06. The van der Waals surface area contributed by atoms with Crippen molar-refractivity contribution >= 4 is 0 Å². The van der Waals surface area contributed by atoms with E-state index in [4.69, 9.17) is 0 Å². The van der Waals surface area contributed by atoms with Gasteiger partial charge in [-0.3, -0.25) is 0 Å². The van der Waals surface area contributed by atoms with Crippen LogP contribution in [-0.4, -0.2) is 5.11 Å². The fourth-order valence-electron chi connectivity index (χ4n) is 1.96. The van der Waals surface area contributed by atoms with Gasteiger partial charge >= 0.3 is 0 Å². The highest BCUT2D eigenvalue weighted by Gasteiger charge is 2.26. The summed E-state index contributed by atoms with van der Waals surface area (Å²) in [6.45, 7) is 3.69. The van der Waals surface area contributed by atoms with Crippen LogP contribution >= 0.6 is 0 Å². The number of rotatable bonds is 6. The molecule has 0 heterocycles. The van der Waals surface area contributed by atoms with Gasteiger partial charge in [0.15, 0.2) is 0 Å². The summed E-state index contributed by atoms with van der Waals surface area (Å²) in [4.78, 5) is 0. The highest BCUT2D eigenvalue weighted by molar-refractivity contribution is 5.24. The van der Waals surface area contributed by atoms with Crippen molar-refractivity contribution < 1.29 is 13.9 Å². The van der Waals surface area contributed by atoms with Gasteiger partial charge in [-0.2, -0.15) is 0 Å². The Morgan fingerprint density at radius 2 is 1.88 bits per heavy atom. The topological polar surface area (TPSA) is 20.2 Å². The van der Waals surface area contributed by atoms with Crippen LogP contribution in [0.3, 0.4) is 0 Å². The van der Waals surface area contributed by atoms with Crippen molar-refractivity contribution in [3.8, 4) is 0 Å². The van der Waals surface area contributed by atoms with E-state index in [2.05, 4.69) is 6.92 Å². The molecule has 0 fully saturated rings. The average Bonchev–Trinajstić information content (AvgIpc) is 2.24. The maximum atomic E-state index is 13.5. The van der Waals surface area contributed by atoms with Gasteiger partial charge in [-0.05, 0) is 19.4 Å². The molecule has 1 atom stereocenters. The summed E-state index contributed by atoms with van der Waals surface area (Å²) in [5.41, 5.74) is -1.04. The molecule has 0 aliphatic rings. The van der Waals surface area contributed by atoms with Crippen LogP contribution in [0.4, 0.5) is 8.78 Å². The second kappa shape index (κ2) is 6.10. The highest BCUT2D eigenvalue weighted by atomic mass is 19.1. The summed E-state index contributed by atoms with van der Waals surface area (Å²) in [5, 5.41) is 10.2. The molecule has 1 rings (SSSR count). The number of hydrogen-bond donors (Lipinski definition) is 1. The molecule has 1 aromatic rings. The first kappa shape index (κ1) is 14.1. The van der Waals surface area contributed by atoms with Crippen LogP contribution in [0.25, 0.3) is 0 Å². The predicted octanol–water partition coefficient (Wildman–Crippen LogP) is 4.14. The maximum Gasteiger partial charge on any atom is 0.132 e. The molecule has 0 radical (unpaired) electrons. The van der Waals surface area contributed by atoms with Crippen molar-refractivity contribution in [2.45, 2.75) is 51.6 Å². The zero-order valence-corrected chi connectivity index (χ0v) is 10.5. The molecule has 1 nitrogen and oxygen atoms in total. The summed E-state index contributed by atoms with van der Waals surface area (Å²) in [7, 11) is 0. The van der Waals surface area contributed by atoms with Crippen LogP contribution in [0.5, 0.6) is 0 Å². The van der Waals surface area contributed by atoms with Crippen molar-refractivity contribution in [2.75, 3.05) is 0 Å². The molecule has 0 aliphatic heterocycles. The van der Waals surface area contributed by atoms with Crippen molar-refractivity contribution in [2.24, 2.45) is 0 Å². The molecule has 0 bridgehead atoms. The third kappa shape index (κ3) is 4.08. The second-order valence-electron chi connectivity index (χ2n) is 4.71. The van der Waals surface area contributed by atoms with Gasteiger partial charge in [-0.25, -0.2) is 8.78 Å². The van der Waals surface area contributed by atoms with Crippen LogP contribution in [-0.2, 0) is 5.60 Å². The number of halogens is 2. The molecule has 0 spiro atoms. The Labute approximate surface area is 101 Å². The Hall–Kier alpha value is -0.960. The van der Waals surface area contributed by atoms with Crippen LogP contribution in [0.15, 0.2) is 18.2 Å². The first-order valence-electron chi connectivity index (χ1n) is 6.15. The van der Waals surface area contributed by atoms with E-state index in [-0.39, 0.29) is 5.56 Å². The van der Waals surface area contributed by atoms with Crippen LogP contribution < -0.4 is 0 Å². The Balaban J connectivity index is 2.68. The quantitative estimate of drug-likeness (QED) is 0.743. The normalized spacial score (nSPS) is 14.6. The molecule has 0 amide bonds. The lowest BCUT2D eigenvalue weighted by molar-refractivity contribution is 0.0411. The Morgan fingerprint density at radius 3 is 2.47 bits per heavy atom. The minimum atomic E-state index is -1.22. The van der Waals surface area contributed by atoms with Gasteiger partial charge in [0.1, 0.15) is 11.6 Å². The largest absolute Gasteiger partial charge is 0.385 e. The van der Waals surface area contributed by atoms with Crippen LogP contribution in [0.2, 0.25) is 0 Å². The lowest BCUT2D eigenvalue weighted by Gasteiger charge is -2.24. The summed E-state index contributed by atoms with van der Waals surface area (Å²) in [5.74, 6) is -1.29. The van der Waals surface area contributed by atoms with Gasteiger partial charge in [0.05, 0.1) is 5.60 Å². The SMILES string of the molecule is CCCCCC[C@@](C)(O)c1ccc(F)cc1F. The summed E-state index contributed by atoms with van der Waals surface area (Å²) >= 11 is 0. The van der Waals surface area contributed by atoms with E-state index < -0.39 is 17.2 Å². The molecule has 0 saturated heterocycles. The maximum absolute atomic E-state index is 13.5. The van der Waals surface area contributed by atoms with E-state index >= 15 is 0 Å². The molecular weight excluding hydrogens is 222 g/mol. The molecule has 1 N–H and O–H groups in total. The van der Waals surface area contributed by atoms with Gasteiger partial charge in [-0.15, -0.1) is 0 Å². The van der Waals surface area contributed by atoms with Crippen molar-refractivity contribution in [1.29, 1.82) is 0 Å². The van der Waals surface area contributed by atoms with E-state index in [0.717, 1.165) is 31.7 Å². The van der Waals surface area contributed by atoms with Gasteiger partial charge < -0.3 is 5.11 Å². The first-order valence-corrected chi connectivity index (χ1v) is 6.15. The molecule has 0 unspecified atom stereocenters. The van der Waals surface area contributed by atoms with Gasteiger partial charge in [-0.1, -0.05) is 38.7 Å². The summed E-state index contributed by atoms with van der Waals surface area (Å²) in [6.07, 6.45) is 4.59. The number of hydrogen-bond acceptors (Lipinski definition) is 1. The van der Waals surface area contributed by atoms with Gasteiger partial charge in [0.25, 0.3) is 0 Å². The van der Waals surface area contributed by atoms with Crippen molar-refractivity contribution in [1.82, 2.24) is 0 Å². The van der Waals surface area contributed by atoms with E-state index in [1.54, 1.807) is 6.92 Å². The fourth-order valence-corrected chi connectivity index (χ4v) is 1.96. The molecule has 17 heavy (non-hydrogen) atoms. The summed E-state index contributed by atoms with van der Waals surface area (Å²) in [6, 6.07) is 3.32. The van der Waals surface area contributed by atoms with E-state index in [9.17, 15) is 13.9 Å². The van der Waals surface area contributed by atoms with Gasteiger partial charge in [0, 0.05) is 11.6 Å². The third-order valence-corrected chi connectivity index (χ3v) is 3.03. The molecule has 0 aliphatic carbocycles. The smallest absolute Gasteiger partial charge is 0.132 e. The molecule has 3 heteroatoms. The predicted molar refractivity (Wildman–Crippen MR) is 64.7 cm³/mol.